The molecule has 0 aromatic heterocycles. The fourth-order valence-corrected chi connectivity index (χ4v) is 2.07. The highest BCUT2D eigenvalue weighted by molar-refractivity contribution is 4.82. The van der Waals surface area contributed by atoms with Gasteiger partial charge in [-0.1, -0.05) is 20.8 Å². The number of nitrogens with one attached hydrogen (secondary N) is 1. The van der Waals surface area contributed by atoms with Gasteiger partial charge in [0.1, 0.15) is 0 Å². The van der Waals surface area contributed by atoms with Crippen LogP contribution in [0.4, 0.5) is 0 Å². The Morgan fingerprint density at radius 2 is 1.60 bits per heavy atom. The molecule has 2 nitrogen and oxygen atoms in total. The van der Waals surface area contributed by atoms with Crippen LogP contribution < -0.4 is 5.32 Å². The van der Waals surface area contributed by atoms with Crippen molar-refractivity contribution in [2.24, 2.45) is 5.41 Å². The van der Waals surface area contributed by atoms with Crippen molar-refractivity contribution >= 4 is 0 Å². The second-order valence-corrected chi connectivity index (χ2v) is 6.47. The fourth-order valence-electron chi connectivity index (χ4n) is 2.07. The van der Waals surface area contributed by atoms with Gasteiger partial charge in [0, 0.05) is 12.1 Å². The third-order valence-corrected chi connectivity index (χ3v) is 2.13. The molecule has 2 heteroatoms. The molecule has 0 amide bonds. The van der Waals surface area contributed by atoms with Gasteiger partial charge in [-0.3, -0.25) is 0 Å². The van der Waals surface area contributed by atoms with Gasteiger partial charge in [0.15, 0.2) is 0 Å². The van der Waals surface area contributed by atoms with Gasteiger partial charge < -0.3 is 10.1 Å². The molecular weight excluding hydrogens is 186 g/mol. The lowest BCUT2D eigenvalue weighted by atomic mass is 9.82. The van der Waals surface area contributed by atoms with Crippen molar-refractivity contribution in [2.75, 3.05) is 13.2 Å². The Morgan fingerprint density at radius 1 is 1.07 bits per heavy atom. The number of rotatable bonds is 6. The third-order valence-electron chi connectivity index (χ3n) is 2.13. The molecule has 92 valence electrons. The van der Waals surface area contributed by atoms with E-state index in [0.717, 1.165) is 13.2 Å². The molecule has 15 heavy (non-hydrogen) atoms. The summed E-state index contributed by atoms with van der Waals surface area (Å²) in [7, 11) is 0. The molecule has 0 saturated heterocycles. The molecule has 0 radical (unpaired) electrons. The summed E-state index contributed by atoms with van der Waals surface area (Å²) < 4.78 is 5.50. The first-order valence-corrected chi connectivity index (χ1v) is 5.99. The van der Waals surface area contributed by atoms with Crippen LogP contribution in [0.25, 0.3) is 0 Å². The molecule has 0 aliphatic heterocycles. The van der Waals surface area contributed by atoms with Gasteiger partial charge in [-0.05, 0) is 39.5 Å². The van der Waals surface area contributed by atoms with Crippen LogP contribution in [-0.2, 0) is 4.74 Å². The van der Waals surface area contributed by atoms with E-state index in [0.29, 0.717) is 11.5 Å². The number of ether oxygens (including phenoxy) is 1. The molecule has 0 aliphatic rings. The van der Waals surface area contributed by atoms with Gasteiger partial charge in [-0.15, -0.1) is 0 Å². The number of hydrogen-bond acceptors (Lipinski definition) is 2. The van der Waals surface area contributed by atoms with Crippen molar-refractivity contribution in [3.63, 3.8) is 0 Å². The van der Waals surface area contributed by atoms with Crippen LogP contribution in [0.1, 0.15) is 54.9 Å². The predicted octanol–water partition coefficient (Wildman–Crippen LogP) is 3.22. The van der Waals surface area contributed by atoms with E-state index < -0.39 is 0 Å². The van der Waals surface area contributed by atoms with Crippen LogP contribution in [0.3, 0.4) is 0 Å². The van der Waals surface area contributed by atoms with Crippen LogP contribution in [0.2, 0.25) is 0 Å². The zero-order valence-corrected chi connectivity index (χ0v) is 11.6. The summed E-state index contributed by atoms with van der Waals surface area (Å²) in [4.78, 5) is 0. The Kier molecular flexibility index (Phi) is 5.82. The number of hydrogen-bond donors (Lipinski definition) is 1. The zero-order valence-electron chi connectivity index (χ0n) is 11.6. The molecule has 0 aromatic carbocycles. The lowest BCUT2D eigenvalue weighted by Crippen LogP contribution is -2.44. The summed E-state index contributed by atoms with van der Waals surface area (Å²) in [5.74, 6) is 0. The highest BCUT2D eigenvalue weighted by Gasteiger charge is 2.24. The van der Waals surface area contributed by atoms with E-state index >= 15 is 0 Å². The minimum Gasteiger partial charge on any atom is -0.377 e. The van der Waals surface area contributed by atoms with E-state index in [2.05, 4.69) is 53.8 Å². The minimum atomic E-state index is 0.193. The first-order chi connectivity index (χ1) is 6.62. The van der Waals surface area contributed by atoms with Gasteiger partial charge in [-0.2, -0.15) is 0 Å². The van der Waals surface area contributed by atoms with Crippen molar-refractivity contribution in [3.05, 3.63) is 0 Å². The lowest BCUT2D eigenvalue weighted by Gasteiger charge is -2.33. The van der Waals surface area contributed by atoms with E-state index in [1.165, 1.54) is 6.42 Å². The Hall–Kier alpha value is -0.0800. The van der Waals surface area contributed by atoms with E-state index in [9.17, 15) is 0 Å². The highest BCUT2D eigenvalue weighted by atomic mass is 16.5. The Labute approximate surface area is 95.8 Å². The monoisotopic (exact) mass is 215 g/mol. The van der Waals surface area contributed by atoms with E-state index in [1.807, 2.05) is 0 Å². The summed E-state index contributed by atoms with van der Waals surface area (Å²) in [5, 5.41) is 3.55. The van der Waals surface area contributed by atoms with Crippen LogP contribution in [0.5, 0.6) is 0 Å². The molecule has 0 saturated carbocycles. The summed E-state index contributed by atoms with van der Waals surface area (Å²) >= 11 is 0. The molecule has 0 fully saturated rings. The summed E-state index contributed by atoms with van der Waals surface area (Å²) in [6, 6.07) is 0. The van der Waals surface area contributed by atoms with Gasteiger partial charge in [-0.25, -0.2) is 0 Å². The largest absolute Gasteiger partial charge is 0.377 e. The van der Waals surface area contributed by atoms with Crippen molar-refractivity contribution in [3.8, 4) is 0 Å². The second kappa shape index (κ2) is 5.86. The summed E-state index contributed by atoms with van der Waals surface area (Å²) in [6.07, 6.45) is 1.50. The summed E-state index contributed by atoms with van der Waals surface area (Å²) in [5.41, 5.74) is 0.563. The molecule has 0 aromatic rings. The van der Waals surface area contributed by atoms with Gasteiger partial charge in [0.25, 0.3) is 0 Å². The molecular formula is C13H29NO. The standard InChI is InChI=1S/C13H29NO/c1-11(2)15-9-8-14-13(6,7)10-12(3,4)5/h11,14H,8-10H2,1-7H3. The Morgan fingerprint density at radius 3 is 2.00 bits per heavy atom. The maximum atomic E-state index is 5.50. The van der Waals surface area contributed by atoms with E-state index in [-0.39, 0.29) is 5.54 Å². The first-order valence-electron chi connectivity index (χ1n) is 5.99. The average Bonchev–Trinajstić information content (AvgIpc) is 1.93. The Bertz CT molecular complexity index is 168. The van der Waals surface area contributed by atoms with Crippen molar-refractivity contribution in [1.82, 2.24) is 5.32 Å². The quantitative estimate of drug-likeness (QED) is 0.687. The molecule has 0 bridgehead atoms. The molecule has 0 atom stereocenters. The molecule has 0 spiro atoms. The van der Waals surface area contributed by atoms with E-state index in [4.69, 9.17) is 4.74 Å². The van der Waals surface area contributed by atoms with Gasteiger partial charge in [0.05, 0.1) is 12.7 Å². The predicted molar refractivity (Wildman–Crippen MR) is 67.2 cm³/mol. The molecule has 0 aliphatic carbocycles. The highest BCUT2D eigenvalue weighted by Crippen LogP contribution is 2.26. The topological polar surface area (TPSA) is 21.3 Å². The van der Waals surface area contributed by atoms with Crippen molar-refractivity contribution in [1.29, 1.82) is 0 Å². The second-order valence-electron chi connectivity index (χ2n) is 6.47. The maximum Gasteiger partial charge on any atom is 0.0594 e. The third kappa shape index (κ3) is 10.2. The van der Waals surface area contributed by atoms with Crippen LogP contribution in [0.15, 0.2) is 0 Å². The SMILES string of the molecule is CC(C)OCCNC(C)(C)CC(C)(C)C. The lowest BCUT2D eigenvalue weighted by molar-refractivity contribution is 0.0748. The van der Waals surface area contributed by atoms with E-state index in [1.54, 1.807) is 0 Å². The van der Waals surface area contributed by atoms with Crippen LogP contribution in [-0.4, -0.2) is 24.8 Å². The maximum absolute atomic E-state index is 5.50. The van der Waals surface area contributed by atoms with Gasteiger partial charge in [0.2, 0.25) is 0 Å². The zero-order chi connectivity index (χ0) is 12.1. The molecule has 1 N–H and O–H groups in total. The molecule has 0 heterocycles. The average molecular weight is 215 g/mol. The Balaban J connectivity index is 3.74. The molecule has 0 unspecified atom stereocenters. The fraction of sp³-hybridized carbons (Fsp3) is 1.00. The minimum absolute atomic E-state index is 0.193. The molecule has 0 rings (SSSR count). The van der Waals surface area contributed by atoms with Gasteiger partial charge >= 0.3 is 0 Å². The first kappa shape index (κ1) is 14.9. The van der Waals surface area contributed by atoms with Crippen molar-refractivity contribution < 1.29 is 4.74 Å². The summed E-state index contributed by atoms with van der Waals surface area (Å²) in [6.45, 7) is 17.2. The van der Waals surface area contributed by atoms with Crippen LogP contribution >= 0.6 is 0 Å². The normalized spacial score (nSPS) is 13.6. The van der Waals surface area contributed by atoms with Crippen LogP contribution in [0, 0.1) is 5.41 Å². The van der Waals surface area contributed by atoms with Crippen molar-refractivity contribution in [2.45, 2.75) is 66.5 Å². The smallest absolute Gasteiger partial charge is 0.0594 e.